The molecule has 108 valence electrons. The normalized spacial score (nSPS) is 9.18. The maximum absolute atomic E-state index is 3.38. The van der Waals surface area contributed by atoms with Crippen molar-refractivity contribution in [2.45, 2.75) is 47.5 Å². The summed E-state index contributed by atoms with van der Waals surface area (Å²) in [4.78, 5) is 2.33. The summed E-state index contributed by atoms with van der Waals surface area (Å²) in [5.74, 6) is 0. The van der Waals surface area contributed by atoms with Gasteiger partial charge in [-0.1, -0.05) is 41.0 Å². The van der Waals surface area contributed by atoms with Crippen molar-refractivity contribution in [1.82, 2.24) is 15.5 Å². The van der Waals surface area contributed by atoms with Crippen LogP contribution in [0.2, 0.25) is 0 Å². The SMILES string of the molecule is CC.CCC.CCCNCCN(C)CCNC. The second-order valence-electron chi connectivity index (χ2n) is 3.86. The molecule has 0 aromatic rings. The first-order chi connectivity index (χ1) is 8.22. The number of hydrogen-bond donors (Lipinski definition) is 2. The van der Waals surface area contributed by atoms with E-state index in [-0.39, 0.29) is 0 Å². The van der Waals surface area contributed by atoms with Crippen LogP contribution in [0, 0.1) is 0 Å². The predicted octanol–water partition coefficient (Wildman–Crippen LogP) is 2.58. The molecular formula is C14H37N3. The summed E-state index contributed by atoms with van der Waals surface area (Å²) in [6.07, 6.45) is 2.47. The molecule has 0 bridgehead atoms. The molecule has 0 aliphatic heterocycles. The van der Waals surface area contributed by atoms with Crippen LogP contribution in [-0.4, -0.2) is 51.7 Å². The molecule has 3 nitrogen and oxygen atoms in total. The third kappa shape index (κ3) is 31.3. The average molecular weight is 247 g/mol. The molecule has 0 rings (SSSR count). The van der Waals surface area contributed by atoms with Crippen LogP contribution >= 0.6 is 0 Å². The lowest BCUT2D eigenvalue weighted by Crippen LogP contribution is -2.33. The zero-order valence-electron chi connectivity index (χ0n) is 13.4. The second-order valence-corrected chi connectivity index (χ2v) is 3.86. The minimum absolute atomic E-state index is 1.07. The van der Waals surface area contributed by atoms with E-state index in [0.29, 0.717) is 0 Å². The van der Waals surface area contributed by atoms with Crippen LogP contribution in [-0.2, 0) is 0 Å². The highest BCUT2D eigenvalue weighted by Gasteiger charge is 1.94. The van der Waals surface area contributed by atoms with E-state index < -0.39 is 0 Å². The van der Waals surface area contributed by atoms with Gasteiger partial charge in [-0.2, -0.15) is 0 Å². The van der Waals surface area contributed by atoms with Gasteiger partial charge in [0.2, 0.25) is 0 Å². The van der Waals surface area contributed by atoms with Crippen LogP contribution in [0.15, 0.2) is 0 Å². The van der Waals surface area contributed by atoms with Crippen LogP contribution in [0.3, 0.4) is 0 Å². The molecule has 3 heteroatoms. The Morgan fingerprint density at radius 2 is 1.35 bits per heavy atom. The van der Waals surface area contributed by atoms with Crippen LogP contribution in [0.5, 0.6) is 0 Å². The Kier molecular flexibility index (Phi) is 32.4. The van der Waals surface area contributed by atoms with Gasteiger partial charge in [0.05, 0.1) is 0 Å². The number of likely N-dealkylation sites (N-methyl/N-ethyl adjacent to an activating group) is 2. The molecule has 0 amide bonds. The van der Waals surface area contributed by atoms with E-state index in [0.717, 1.165) is 32.7 Å². The first-order valence-electron chi connectivity index (χ1n) is 7.26. The Bertz CT molecular complexity index is 97.5. The van der Waals surface area contributed by atoms with Gasteiger partial charge in [-0.25, -0.2) is 0 Å². The van der Waals surface area contributed by atoms with Gasteiger partial charge in [0.1, 0.15) is 0 Å². The zero-order chi connectivity index (χ0) is 13.9. The van der Waals surface area contributed by atoms with Gasteiger partial charge in [0.25, 0.3) is 0 Å². The fourth-order valence-corrected chi connectivity index (χ4v) is 0.986. The quantitative estimate of drug-likeness (QED) is 0.646. The maximum atomic E-state index is 3.38. The zero-order valence-corrected chi connectivity index (χ0v) is 13.4. The summed E-state index contributed by atoms with van der Waals surface area (Å²) < 4.78 is 0. The van der Waals surface area contributed by atoms with Crippen molar-refractivity contribution in [3.63, 3.8) is 0 Å². The highest BCUT2D eigenvalue weighted by molar-refractivity contribution is 4.55. The lowest BCUT2D eigenvalue weighted by atomic mass is 10.4. The Hall–Kier alpha value is -0.120. The monoisotopic (exact) mass is 247 g/mol. The van der Waals surface area contributed by atoms with Crippen molar-refractivity contribution in [2.75, 3.05) is 46.8 Å². The van der Waals surface area contributed by atoms with Gasteiger partial charge in [0.15, 0.2) is 0 Å². The maximum Gasteiger partial charge on any atom is 0.0104 e. The molecule has 0 radical (unpaired) electrons. The van der Waals surface area contributed by atoms with Crippen molar-refractivity contribution in [3.05, 3.63) is 0 Å². The molecule has 0 aromatic carbocycles. The highest BCUT2D eigenvalue weighted by atomic mass is 15.1. The van der Waals surface area contributed by atoms with Gasteiger partial charge >= 0.3 is 0 Å². The summed E-state index contributed by atoms with van der Waals surface area (Å²) in [5.41, 5.74) is 0. The van der Waals surface area contributed by atoms with Gasteiger partial charge in [0, 0.05) is 26.2 Å². The van der Waals surface area contributed by atoms with Gasteiger partial charge in [-0.05, 0) is 27.1 Å². The number of nitrogens with one attached hydrogen (secondary N) is 2. The molecule has 0 heterocycles. The van der Waals surface area contributed by atoms with Crippen molar-refractivity contribution >= 4 is 0 Å². The van der Waals surface area contributed by atoms with Gasteiger partial charge in [-0.3, -0.25) is 0 Å². The van der Waals surface area contributed by atoms with E-state index in [1.165, 1.54) is 12.8 Å². The Labute approximate surface area is 110 Å². The molecule has 0 aromatic heterocycles. The summed E-state index contributed by atoms with van der Waals surface area (Å²) in [6.45, 7) is 16.0. The van der Waals surface area contributed by atoms with E-state index >= 15 is 0 Å². The summed E-state index contributed by atoms with van der Waals surface area (Å²) in [6, 6.07) is 0. The number of rotatable bonds is 8. The molecule has 0 fully saturated rings. The molecule has 0 saturated heterocycles. The Balaban J connectivity index is -0.000000337. The van der Waals surface area contributed by atoms with Crippen molar-refractivity contribution in [3.8, 4) is 0 Å². The number of nitrogens with zero attached hydrogens (tertiary/aromatic N) is 1. The molecule has 0 unspecified atom stereocenters. The molecule has 0 aliphatic rings. The molecule has 2 N–H and O–H groups in total. The number of hydrogen-bond acceptors (Lipinski definition) is 3. The van der Waals surface area contributed by atoms with Crippen LogP contribution in [0.25, 0.3) is 0 Å². The van der Waals surface area contributed by atoms with E-state index in [9.17, 15) is 0 Å². The largest absolute Gasteiger partial charge is 0.318 e. The van der Waals surface area contributed by atoms with Gasteiger partial charge < -0.3 is 15.5 Å². The van der Waals surface area contributed by atoms with Crippen LogP contribution in [0.1, 0.15) is 47.5 Å². The molecule has 0 atom stereocenters. The van der Waals surface area contributed by atoms with Crippen molar-refractivity contribution in [1.29, 1.82) is 0 Å². The van der Waals surface area contributed by atoms with E-state index in [2.05, 4.69) is 43.4 Å². The van der Waals surface area contributed by atoms with Crippen LogP contribution in [0.4, 0.5) is 0 Å². The minimum Gasteiger partial charge on any atom is -0.318 e. The van der Waals surface area contributed by atoms with Crippen molar-refractivity contribution in [2.24, 2.45) is 0 Å². The minimum atomic E-state index is 1.07. The summed E-state index contributed by atoms with van der Waals surface area (Å²) in [5, 5.41) is 6.52. The van der Waals surface area contributed by atoms with Crippen LogP contribution < -0.4 is 10.6 Å². The molecular weight excluding hydrogens is 210 g/mol. The predicted molar refractivity (Wildman–Crippen MR) is 81.9 cm³/mol. The first-order valence-corrected chi connectivity index (χ1v) is 7.26. The third-order valence-corrected chi connectivity index (χ3v) is 1.84. The van der Waals surface area contributed by atoms with E-state index in [1.54, 1.807) is 0 Å². The fraction of sp³-hybridized carbons (Fsp3) is 1.00. The lowest BCUT2D eigenvalue weighted by molar-refractivity contribution is 0.333. The average Bonchev–Trinajstić information content (AvgIpc) is 2.35. The Morgan fingerprint density at radius 3 is 1.76 bits per heavy atom. The lowest BCUT2D eigenvalue weighted by Gasteiger charge is -2.16. The van der Waals surface area contributed by atoms with Crippen molar-refractivity contribution < 1.29 is 0 Å². The topological polar surface area (TPSA) is 27.3 Å². The summed E-state index contributed by atoms with van der Waals surface area (Å²) >= 11 is 0. The van der Waals surface area contributed by atoms with E-state index in [1.807, 2.05) is 20.9 Å². The fourth-order valence-electron chi connectivity index (χ4n) is 0.986. The molecule has 0 aliphatic carbocycles. The summed E-state index contributed by atoms with van der Waals surface area (Å²) in [7, 11) is 4.15. The standard InChI is InChI=1S/C9H23N3.C3H8.C2H6/c1-4-5-11-7-9-12(3)8-6-10-2;1-3-2;1-2/h10-11H,4-9H2,1-3H3;3H2,1-2H3;1-2H3. The molecule has 17 heavy (non-hydrogen) atoms. The highest BCUT2D eigenvalue weighted by Crippen LogP contribution is 1.78. The molecule has 0 saturated carbocycles. The third-order valence-electron chi connectivity index (χ3n) is 1.84. The second kappa shape index (κ2) is 24.9. The first kappa shape index (κ1) is 22.1. The van der Waals surface area contributed by atoms with Gasteiger partial charge in [-0.15, -0.1) is 0 Å². The molecule has 0 spiro atoms. The van der Waals surface area contributed by atoms with E-state index in [4.69, 9.17) is 0 Å². The smallest absolute Gasteiger partial charge is 0.0104 e. The Morgan fingerprint density at radius 1 is 0.882 bits per heavy atom.